The van der Waals surface area contributed by atoms with Gasteiger partial charge in [-0.1, -0.05) is 43.7 Å². The molecule has 0 aliphatic carbocycles. The zero-order valence-electron chi connectivity index (χ0n) is 8.56. The van der Waals surface area contributed by atoms with E-state index in [-0.39, 0.29) is 12.2 Å². The number of hydrogen-bond donors (Lipinski definition) is 0. The van der Waals surface area contributed by atoms with Crippen molar-refractivity contribution in [1.82, 2.24) is 0 Å². The van der Waals surface area contributed by atoms with E-state index in [1.165, 1.54) is 0 Å². The molecule has 0 saturated heterocycles. The predicted octanol–water partition coefficient (Wildman–Crippen LogP) is 2.59. The minimum Gasteiger partial charge on any atom is -0.365 e. The van der Waals surface area contributed by atoms with Crippen LogP contribution in [0.5, 0.6) is 0 Å². The maximum absolute atomic E-state index is 5.37. The Morgan fingerprint density at radius 2 is 1.29 bits per heavy atom. The fourth-order valence-corrected chi connectivity index (χ4v) is 1.54. The van der Waals surface area contributed by atoms with Gasteiger partial charge in [-0.05, 0) is 13.8 Å². The second kappa shape index (κ2) is 9.97. The predicted molar refractivity (Wildman–Crippen MR) is 66.2 cm³/mol. The molecule has 2 unspecified atom stereocenters. The highest BCUT2D eigenvalue weighted by molar-refractivity contribution is 9.09. The number of ether oxygens (including phenoxy) is 2. The van der Waals surface area contributed by atoms with E-state index in [4.69, 9.17) is 9.47 Å². The van der Waals surface area contributed by atoms with Gasteiger partial charge in [0, 0.05) is 23.9 Å². The van der Waals surface area contributed by atoms with Crippen LogP contribution in [0.15, 0.2) is 0 Å². The Bertz CT molecular complexity index is 168. The smallest absolute Gasteiger partial charge is 0.127 e. The number of rotatable bonds is 6. The molecule has 0 N–H and O–H groups in total. The third-order valence-corrected chi connectivity index (χ3v) is 2.60. The summed E-state index contributed by atoms with van der Waals surface area (Å²) in [4.78, 5) is 0. The molecular weight excluding hydrogens is 312 g/mol. The van der Waals surface area contributed by atoms with Crippen LogP contribution in [0.1, 0.15) is 13.8 Å². The van der Waals surface area contributed by atoms with Gasteiger partial charge in [0.15, 0.2) is 0 Å². The minimum absolute atomic E-state index is 0.0398. The summed E-state index contributed by atoms with van der Waals surface area (Å²) in [6, 6.07) is 0. The van der Waals surface area contributed by atoms with Crippen molar-refractivity contribution < 1.29 is 9.47 Å². The van der Waals surface area contributed by atoms with Gasteiger partial charge in [-0.3, -0.25) is 0 Å². The molecule has 0 rings (SSSR count). The molecule has 0 aliphatic rings. The first-order valence-electron chi connectivity index (χ1n) is 4.64. The summed E-state index contributed by atoms with van der Waals surface area (Å²) in [5, 5.41) is 1.46. The van der Waals surface area contributed by atoms with Gasteiger partial charge in [-0.25, -0.2) is 0 Å². The van der Waals surface area contributed by atoms with E-state index in [0.29, 0.717) is 13.2 Å². The lowest BCUT2D eigenvalue weighted by atomic mass is 10.3. The second-order valence-corrected chi connectivity index (χ2v) is 3.78. The highest BCUT2D eigenvalue weighted by Gasteiger charge is 2.04. The molecule has 0 spiro atoms. The third kappa shape index (κ3) is 6.83. The van der Waals surface area contributed by atoms with Crippen molar-refractivity contribution in [2.75, 3.05) is 23.9 Å². The normalized spacial score (nSPS) is 14.3. The summed E-state index contributed by atoms with van der Waals surface area (Å²) >= 11 is 6.70. The van der Waals surface area contributed by atoms with E-state index >= 15 is 0 Å². The lowest BCUT2D eigenvalue weighted by molar-refractivity contribution is 0.112. The monoisotopic (exact) mass is 326 g/mol. The van der Waals surface area contributed by atoms with Crippen LogP contribution < -0.4 is 0 Å². The van der Waals surface area contributed by atoms with Gasteiger partial charge in [0.05, 0.1) is 0 Å². The standard InChI is InChI=1S/C10H16Br2O2/c1-3-13-9(7-11)5-6-10(8-12)14-4-2/h9-10H,3-4,7-8H2,1-2H3. The van der Waals surface area contributed by atoms with Crippen molar-refractivity contribution in [1.29, 1.82) is 0 Å². The molecule has 82 valence electrons. The van der Waals surface area contributed by atoms with Crippen molar-refractivity contribution in [3.05, 3.63) is 0 Å². The van der Waals surface area contributed by atoms with E-state index in [0.717, 1.165) is 10.7 Å². The molecule has 0 radical (unpaired) electrons. The van der Waals surface area contributed by atoms with Gasteiger partial charge in [0.1, 0.15) is 12.2 Å². The Labute approximate surface area is 103 Å². The lowest BCUT2D eigenvalue weighted by Crippen LogP contribution is -2.15. The van der Waals surface area contributed by atoms with Crippen molar-refractivity contribution in [3.8, 4) is 11.8 Å². The fraction of sp³-hybridized carbons (Fsp3) is 0.800. The van der Waals surface area contributed by atoms with Crippen LogP contribution in [-0.2, 0) is 9.47 Å². The van der Waals surface area contributed by atoms with Crippen LogP contribution in [0.2, 0.25) is 0 Å². The lowest BCUT2D eigenvalue weighted by Gasteiger charge is -2.08. The molecule has 0 aromatic carbocycles. The Morgan fingerprint density at radius 1 is 0.929 bits per heavy atom. The molecule has 0 aromatic rings. The van der Waals surface area contributed by atoms with Crippen molar-refractivity contribution in [2.45, 2.75) is 26.1 Å². The molecule has 0 aliphatic heterocycles. The number of halogens is 2. The summed E-state index contributed by atoms with van der Waals surface area (Å²) < 4.78 is 10.7. The second-order valence-electron chi connectivity index (χ2n) is 2.49. The van der Waals surface area contributed by atoms with Crippen molar-refractivity contribution in [2.24, 2.45) is 0 Å². The van der Waals surface area contributed by atoms with E-state index in [9.17, 15) is 0 Å². The first kappa shape index (κ1) is 14.4. The van der Waals surface area contributed by atoms with Gasteiger partial charge in [0.2, 0.25) is 0 Å². The van der Waals surface area contributed by atoms with Crippen molar-refractivity contribution >= 4 is 31.9 Å². The van der Waals surface area contributed by atoms with Crippen molar-refractivity contribution in [3.63, 3.8) is 0 Å². The Kier molecular flexibility index (Phi) is 10.3. The van der Waals surface area contributed by atoms with Crippen LogP contribution in [0.3, 0.4) is 0 Å². The first-order chi connectivity index (χ1) is 6.78. The van der Waals surface area contributed by atoms with E-state index in [1.807, 2.05) is 13.8 Å². The minimum atomic E-state index is -0.0398. The largest absolute Gasteiger partial charge is 0.365 e. The highest BCUT2D eigenvalue weighted by atomic mass is 79.9. The summed E-state index contributed by atoms with van der Waals surface area (Å²) in [5.74, 6) is 6.06. The maximum Gasteiger partial charge on any atom is 0.127 e. The third-order valence-electron chi connectivity index (χ3n) is 1.42. The van der Waals surface area contributed by atoms with Gasteiger partial charge in [-0.15, -0.1) is 0 Å². The average molecular weight is 328 g/mol. The molecule has 0 saturated carbocycles. The zero-order valence-corrected chi connectivity index (χ0v) is 11.7. The summed E-state index contributed by atoms with van der Waals surface area (Å²) in [6.07, 6.45) is -0.0796. The van der Waals surface area contributed by atoms with Crippen LogP contribution in [0, 0.1) is 11.8 Å². The van der Waals surface area contributed by atoms with E-state index in [1.54, 1.807) is 0 Å². The molecule has 0 fully saturated rings. The maximum atomic E-state index is 5.37. The SMILES string of the molecule is CCOC(C#CC(CBr)OCC)CBr. The number of alkyl halides is 2. The molecule has 14 heavy (non-hydrogen) atoms. The molecule has 0 amide bonds. The molecule has 0 bridgehead atoms. The number of hydrogen-bond acceptors (Lipinski definition) is 2. The quantitative estimate of drug-likeness (QED) is 0.551. The topological polar surface area (TPSA) is 18.5 Å². The zero-order chi connectivity index (χ0) is 10.8. The summed E-state index contributed by atoms with van der Waals surface area (Å²) in [7, 11) is 0. The molecule has 2 atom stereocenters. The van der Waals surface area contributed by atoms with Gasteiger partial charge in [-0.2, -0.15) is 0 Å². The van der Waals surface area contributed by atoms with Crippen LogP contribution in [0.4, 0.5) is 0 Å². The summed E-state index contributed by atoms with van der Waals surface area (Å²) in [6.45, 7) is 5.28. The molecular formula is C10H16Br2O2. The molecule has 0 aromatic heterocycles. The summed E-state index contributed by atoms with van der Waals surface area (Å²) in [5.41, 5.74) is 0. The van der Waals surface area contributed by atoms with Crippen LogP contribution >= 0.6 is 31.9 Å². The highest BCUT2D eigenvalue weighted by Crippen LogP contribution is 1.99. The van der Waals surface area contributed by atoms with Crippen LogP contribution in [0.25, 0.3) is 0 Å². The average Bonchev–Trinajstić information content (AvgIpc) is 2.22. The fourth-order valence-electron chi connectivity index (χ4n) is 0.838. The molecule has 2 nitrogen and oxygen atoms in total. The van der Waals surface area contributed by atoms with Gasteiger partial charge in [0.25, 0.3) is 0 Å². The molecule has 4 heteroatoms. The van der Waals surface area contributed by atoms with Crippen LogP contribution in [-0.4, -0.2) is 36.1 Å². The Morgan fingerprint density at radius 3 is 1.50 bits per heavy atom. The van der Waals surface area contributed by atoms with Gasteiger partial charge >= 0.3 is 0 Å². The Hall–Kier alpha value is 0.440. The first-order valence-corrected chi connectivity index (χ1v) is 6.88. The van der Waals surface area contributed by atoms with E-state index in [2.05, 4.69) is 43.7 Å². The molecule has 0 heterocycles. The van der Waals surface area contributed by atoms with Gasteiger partial charge < -0.3 is 9.47 Å². The van der Waals surface area contributed by atoms with E-state index < -0.39 is 0 Å². The Balaban J connectivity index is 4.05.